The zero-order chi connectivity index (χ0) is 25.9. The average molecular weight is 581 g/mol. The van der Waals surface area contributed by atoms with Gasteiger partial charge < -0.3 is 9.47 Å². The second-order valence-electron chi connectivity index (χ2n) is 8.38. The highest BCUT2D eigenvalue weighted by molar-refractivity contribution is 9.10. The number of ether oxygens (including phenoxy) is 2. The number of amides is 1. The number of carbonyl (C=O) groups excluding carboxylic acids is 1. The Bertz CT molecular complexity index is 1340. The topological polar surface area (TPSA) is 72.9 Å². The fourth-order valence-electron chi connectivity index (χ4n) is 3.46. The van der Waals surface area contributed by atoms with Gasteiger partial charge in [-0.1, -0.05) is 59.1 Å². The molecule has 0 aliphatic heterocycles. The van der Waals surface area contributed by atoms with Crippen molar-refractivity contribution in [3.63, 3.8) is 0 Å². The molecule has 0 heterocycles. The standard InChI is InChI=1S/C26H27BrClNO5S/c1-16(2)21-14-22(27)18(4)12-25(21)34-15-26(30)29(19-8-11-24(33-5)23(28)13-19)35(31,32)20-9-6-17(3)7-10-20/h6-14,16H,15H2,1-5H3. The van der Waals surface area contributed by atoms with Crippen molar-refractivity contribution in [2.45, 2.75) is 38.5 Å². The molecule has 35 heavy (non-hydrogen) atoms. The van der Waals surface area contributed by atoms with E-state index in [4.69, 9.17) is 21.1 Å². The van der Waals surface area contributed by atoms with Crippen molar-refractivity contribution in [1.29, 1.82) is 0 Å². The van der Waals surface area contributed by atoms with Crippen molar-refractivity contribution in [1.82, 2.24) is 0 Å². The number of halogens is 2. The van der Waals surface area contributed by atoms with Crippen molar-refractivity contribution in [2.24, 2.45) is 0 Å². The number of sulfonamides is 1. The number of benzene rings is 3. The summed E-state index contributed by atoms with van der Waals surface area (Å²) >= 11 is 9.79. The van der Waals surface area contributed by atoms with Gasteiger partial charge in [0.2, 0.25) is 0 Å². The molecule has 0 saturated heterocycles. The van der Waals surface area contributed by atoms with E-state index in [2.05, 4.69) is 15.9 Å². The van der Waals surface area contributed by atoms with Crippen LogP contribution in [0.2, 0.25) is 5.02 Å². The van der Waals surface area contributed by atoms with Gasteiger partial charge in [0.1, 0.15) is 11.5 Å². The molecule has 0 N–H and O–H groups in total. The number of hydrogen-bond donors (Lipinski definition) is 0. The normalized spacial score (nSPS) is 11.4. The van der Waals surface area contributed by atoms with Gasteiger partial charge in [0.05, 0.1) is 22.7 Å². The highest BCUT2D eigenvalue weighted by atomic mass is 79.9. The third kappa shape index (κ3) is 6.00. The van der Waals surface area contributed by atoms with E-state index in [-0.39, 0.29) is 21.5 Å². The van der Waals surface area contributed by atoms with Crippen LogP contribution in [0.3, 0.4) is 0 Å². The highest BCUT2D eigenvalue weighted by Crippen LogP contribution is 2.34. The van der Waals surface area contributed by atoms with E-state index < -0.39 is 22.5 Å². The number of carbonyl (C=O) groups is 1. The molecule has 0 unspecified atom stereocenters. The first-order valence-corrected chi connectivity index (χ1v) is 13.5. The minimum Gasteiger partial charge on any atom is -0.495 e. The lowest BCUT2D eigenvalue weighted by atomic mass is 10.0. The molecule has 0 fully saturated rings. The zero-order valence-electron chi connectivity index (χ0n) is 20.1. The number of anilines is 1. The molecule has 0 radical (unpaired) electrons. The van der Waals surface area contributed by atoms with Crippen LogP contribution in [0.5, 0.6) is 11.5 Å². The van der Waals surface area contributed by atoms with Gasteiger partial charge >= 0.3 is 0 Å². The van der Waals surface area contributed by atoms with Gasteiger partial charge in [0.25, 0.3) is 15.9 Å². The monoisotopic (exact) mass is 579 g/mol. The third-order valence-electron chi connectivity index (χ3n) is 5.42. The second kappa shape index (κ2) is 11.0. The molecule has 1 amide bonds. The first kappa shape index (κ1) is 27.0. The van der Waals surface area contributed by atoms with Crippen LogP contribution < -0.4 is 13.8 Å². The lowest BCUT2D eigenvalue weighted by Crippen LogP contribution is -2.40. The van der Waals surface area contributed by atoms with E-state index in [1.54, 1.807) is 12.1 Å². The summed E-state index contributed by atoms with van der Waals surface area (Å²) in [7, 11) is -2.80. The molecule has 0 bridgehead atoms. The summed E-state index contributed by atoms with van der Waals surface area (Å²) in [6, 6.07) is 14.4. The summed E-state index contributed by atoms with van der Waals surface area (Å²) in [4.78, 5) is 13.4. The molecule has 3 aromatic rings. The van der Waals surface area contributed by atoms with Gasteiger partial charge in [0, 0.05) is 4.47 Å². The SMILES string of the molecule is COc1ccc(N(C(=O)COc2cc(C)c(Br)cc2C(C)C)S(=O)(=O)c2ccc(C)cc2)cc1Cl. The predicted molar refractivity (Wildman–Crippen MR) is 142 cm³/mol. The molecule has 0 aromatic heterocycles. The van der Waals surface area contributed by atoms with Crippen molar-refractivity contribution in [2.75, 3.05) is 18.0 Å². The minimum atomic E-state index is -4.26. The Morgan fingerprint density at radius 1 is 1.03 bits per heavy atom. The van der Waals surface area contributed by atoms with Crippen LogP contribution in [0.15, 0.2) is 64.0 Å². The summed E-state index contributed by atoms with van der Waals surface area (Å²) < 4.78 is 39.9. The molecular weight excluding hydrogens is 554 g/mol. The highest BCUT2D eigenvalue weighted by Gasteiger charge is 2.32. The molecule has 3 rings (SSSR count). The summed E-state index contributed by atoms with van der Waals surface area (Å²) in [5.41, 5.74) is 2.81. The Morgan fingerprint density at radius 3 is 2.26 bits per heavy atom. The fraction of sp³-hybridized carbons (Fsp3) is 0.269. The Kier molecular flexibility index (Phi) is 8.51. The van der Waals surface area contributed by atoms with Crippen LogP contribution >= 0.6 is 27.5 Å². The largest absolute Gasteiger partial charge is 0.495 e. The number of nitrogens with zero attached hydrogens (tertiary/aromatic N) is 1. The van der Waals surface area contributed by atoms with Crippen LogP contribution in [-0.4, -0.2) is 28.0 Å². The van der Waals surface area contributed by atoms with Crippen LogP contribution in [0, 0.1) is 13.8 Å². The van der Waals surface area contributed by atoms with Crippen molar-refractivity contribution >= 4 is 49.1 Å². The Hall–Kier alpha value is -2.55. The third-order valence-corrected chi connectivity index (χ3v) is 8.33. The first-order valence-electron chi connectivity index (χ1n) is 10.9. The van der Waals surface area contributed by atoms with Crippen LogP contribution in [0.1, 0.15) is 36.5 Å². The summed E-state index contributed by atoms with van der Waals surface area (Å²) in [6.45, 7) is 7.30. The summed E-state index contributed by atoms with van der Waals surface area (Å²) in [5, 5.41) is 0.174. The molecule has 0 saturated carbocycles. The molecule has 9 heteroatoms. The van der Waals surface area contributed by atoms with E-state index in [1.165, 1.54) is 37.4 Å². The van der Waals surface area contributed by atoms with E-state index in [9.17, 15) is 13.2 Å². The zero-order valence-corrected chi connectivity index (χ0v) is 23.3. The van der Waals surface area contributed by atoms with E-state index in [1.807, 2.05) is 39.8 Å². The quantitative estimate of drug-likeness (QED) is 0.298. The van der Waals surface area contributed by atoms with E-state index >= 15 is 0 Å². The molecule has 0 aliphatic rings. The first-order chi connectivity index (χ1) is 16.4. The van der Waals surface area contributed by atoms with Crippen molar-refractivity contribution in [3.8, 4) is 11.5 Å². The maximum absolute atomic E-state index is 13.6. The molecule has 186 valence electrons. The van der Waals surface area contributed by atoms with Crippen molar-refractivity contribution < 1.29 is 22.7 Å². The predicted octanol–water partition coefficient (Wildman–Crippen LogP) is 6.65. The van der Waals surface area contributed by atoms with E-state index in [0.717, 1.165) is 25.5 Å². The van der Waals surface area contributed by atoms with Gasteiger partial charge in [-0.2, -0.15) is 4.31 Å². The maximum atomic E-state index is 13.6. The number of rotatable bonds is 8. The smallest absolute Gasteiger partial charge is 0.278 e. The summed E-state index contributed by atoms with van der Waals surface area (Å²) in [6.07, 6.45) is 0. The Balaban J connectivity index is 2.03. The Labute approximate surface area is 220 Å². The Morgan fingerprint density at radius 2 is 1.69 bits per heavy atom. The molecule has 0 spiro atoms. The molecule has 0 aliphatic carbocycles. The minimum absolute atomic E-state index is 0.0225. The molecule has 3 aromatic carbocycles. The van der Waals surface area contributed by atoms with Gasteiger partial charge in [-0.25, -0.2) is 8.42 Å². The number of methoxy groups -OCH3 is 1. The second-order valence-corrected chi connectivity index (χ2v) is 11.4. The lowest BCUT2D eigenvalue weighted by molar-refractivity contribution is -0.119. The molecular formula is C26H27BrClNO5S. The van der Waals surface area contributed by atoms with Crippen LogP contribution in [0.25, 0.3) is 0 Å². The van der Waals surface area contributed by atoms with Gasteiger partial charge in [-0.05, 0) is 73.4 Å². The van der Waals surface area contributed by atoms with Crippen LogP contribution in [0.4, 0.5) is 5.69 Å². The fourth-order valence-corrected chi connectivity index (χ4v) is 5.47. The van der Waals surface area contributed by atoms with Gasteiger partial charge in [0.15, 0.2) is 6.61 Å². The number of aryl methyl sites for hydroxylation is 2. The van der Waals surface area contributed by atoms with Gasteiger partial charge in [-0.15, -0.1) is 0 Å². The molecule has 0 atom stereocenters. The number of hydrogen-bond acceptors (Lipinski definition) is 5. The molecule has 6 nitrogen and oxygen atoms in total. The van der Waals surface area contributed by atoms with Gasteiger partial charge in [-0.3, -0.25) is 4.79 Å². The average Bonchev–Trinajstić information content (AvgIpc) is 2.79. The summed E-state index contributed by atoms with van der Waals surface area (Å²) in [5.74, 6) is 0.250. The maximum Gasteiger partial charge on any atom is 0.278 e. The van der Waals surface area contributed by atoms with Crippen LogP contribution in [-0.2, 0) is 14.8 Å². The van der Waals surface area contributed by atoms with Crippen molar-refractivity contribution in [3.05, 3.63) is 80.8 Å². The van der Waals surface area contributed by atoms with E-state index in [0.29, 0.717) is 11.5 Å². The lowest BCUT2D eigenvalue weighted by Gasteiger charge is -2.24.